The zero-order chi connectivity index (χ0) is 77.2. The maximum Gasteiger partial charge on any atom is 0.164 e. The van der Waals surface area contributed by atoms with Gasteiger partial charge in [-0.15, -0.1) is 0 Å². The van der Waals surface area contributed by atoms with Crippen LogP contribution in [0.25, 0.3) is 223 Å². The van der Waals surface area contributed by atoms with E-state index in [1.807, 2.05) is 158 Å². The number of fused-ring (bicyclic) bond motifs is 8. The first-order valence-corrected chi connectivity index (χ1v) is 38.8. The molecule has 0 spiro atoms. The van der Waals surface area contributed by atoms with E-state index in [1.54, 1.807) is 0 Å². The molecule has 536 valence electrons. The predicted octanol–water partition coefficient (Wildman–Crippen LogP) is 27.4. The van der Waals surface area contributed by atoms with Gasteiger partial charge in [0.25, 0.3) is 0 Å². The van der Waals surface area contributed by atoms with Crippen LogP contribution in [0.15, 0.2) is 388 Å². The minimum Gasteiger partial charge on any atom is -0.208 e. The molecule has 0 unspecified atom stereocenters. The van der Waals surface area contributed by atoms with Crippen LogP contribution < -0.4 is 0 Å². The van der Waals surface area contributed by atoms with Gasteiger partial charge in [-0.3, -0.25) is 0 Å². The largest absolute Gasteiger partial charge is 0.208 e. The minimum atomic E-state index is 0.622. The van der Waals surface area contributed by atoms with E-state index in [0.717, 1.165) is 116 Å². The predicted molar refractivity (Wildman–Crippen MR) is 473 cm³/mol. The van der Waals surface area contributed by atoms with Crippen molar-refractivity contribution in [3.05, 3.63) is 399 Å². The van der Waals surface area contributed by atoms with Crippen molar-refractivity contribution in [2.24, 2.45) is 0 Å². The van der Waals surface area contributed by atoms with Crippen molar-refractivity contribution in [1.29, 1.82) is 10.5 Å². The van der Waals surface area contributed by atoms with Gasteiger partial charge in [-0.1, -0.05) is 358 Å². The lowest BCUT2D eigenvalue weighted by molar-refractivity contribution is 1.07. The highest BCUT2D eigenvalue weighted by atomic mass is 15.0. The Morgan fingerprint density at radius 2 is 0.371 bits per heavy atom. The van der Waals surface area contributed by atoms with Crippen LogP contribution in [0, 0.1) is 22.7 Å². The minimum absolute atomic E-state index is 0.622. The number of aromatic nitrogens is 6. The van der Waals surface area contributed by atoms with E-state index >= 15 is 0 Å². The molecule has 8 heteroatoms. The second-order valence-corrected chi connectivity index (χ2v) is 29.3. The molecule has 2 heterocycles. The molecular weight excluding hydrogens is 1410 g/mol. The van der Waals surface area contributed by atoms with E-state index in [9.17, 15) is 10.5 Å². The number of hydrogen-bond donors (Lipinski definition) is 0. The number of hydrogen-bond acceptors (Lipinski definition) is 8. The first kappa shape index (κ1) is 68.1. The van der Waals surface area contributed by atoms with Crippen molar-refractivity contribution in [2.75, 3.05) is 0 Å². The zero-order valence-corrected chi connectivity index (χ0v) is 62.5. The molecule has 116 heavy (non-hydrogen) atoms. The third-order valence-electron chi connectivity index (χ3n) is 22.7. The fourth-order valence-corrected chi connectivity index (χ4v) is 17.3. The van der Waals surface area contributed by atoms with Gasteiger partial charge >= 0.3 is 0 Å². The molecule has 2 aliphatic carbocycles. The third-order valence-corrected chi connectivity index (χ3v) is 22.7. The summed E-state index contributed by atoms with van der Waals surface area (Å²) in [5.74, 6) is 3.81. The van der Waals surface area contributed by atoms with Gasteiger partial charge in [0.15, 0.2) is 34.9 Å². The number of nitrogens with zero attached hydrogens (tertiary/aromatic N) is 8. The second kappa shape index (κ2) is 28.7. The Balaban J connectivity index is 0.000000145. The third kappa shape index (κ3) is 11.9. The number of nitriles is 2. The Labute approximate surface area is 670 Å². The number of benzene rings is 18. The van der Waals surface area contributed by atoms with Crippen LogP contribution >= 0.6 is 0 Å². The Hall–Kier alpha value is -16.0. The molecule has 20 aromatic rings. The van der Waals surface area contributed by atoms with Crippen molar-refractivity contribution >= 4 is 43.1 Å². The molecule has 0 atom stereocenters. The first-order chi connectivity index (χ1) is 57.4. The van der Waals surface area contributed by atoms with Crippen molar-refractivity contribution in [2.45, 2.75) is 0 Å². The maximum atomic E-state index is 10.0. The Kier molecular flexibility index (Phi) is 16.8. The molecule has 8 nitrogen and oxygen atoms in total. The van der Waals surface area contributed by atoms with E-state index in [-0.39, 0.29) is 0 Å². The smallest absolute Gasteiger partial charge is 0.164 e. The SMILES string of the molecule is N#Cc1cccc2c(-c3ccc4c5c(ccc(-c6cccc(-c7ccc(-c8nc(-c9ccccc9)nc(-c9ccccc9)n8)cc7)c6)c35)-c3ccccc3-4)cccc12.N#Cc1cccc2c(-c3ccc4c5c(ccc(-c6cccc(-c7cccc(-c8nc(-c9ccccc9)nc(-c9ccccc9)n8)c7)c6)c35)-c3ccccc3-4)cccc12. The highest BCUT2D eigenvalue weighted by Gasteiger charge is 2.29. The van der Waals surface area contributed by atoms with Crippen LogP contribution in [-0.4, -0.2) is 29.9 Å². The van der Waals surface area contributed by atoms with E-state index < -0.39 is 0 Å². The molecule has 2 aliphatic rings. The highest BCUT2D eigenvalue weighted by Crippen LogP contribution is 2.55. The van der Waals surface area contributed by atoms with Crippen molar-refractivity contribution in [3.8, 4) is 192 Å². The molecule has 22 rings (SSSR count). The molecule has 0 aliphatic heterocycles. The monoisotopic (exact) mass is 1470 g/mol. The van der Waals surface area contributed by atoms with Crippen LogP contribution in [0.4, 0.5) is 0 Å². The fourth-order valence-electron chi connectivity index (χ4n) is 17.3. The van der Waals surface area contributed by atoms with E-state index in [0.29, 0.717) is 46.1 Å². The van der Waals surface area contributed by atoms with Gasteiger partial charge in [0.05, 0.1) is 23.3 Å². The fraction of sp³-hybridized carbons (Fsp3) is 0. The van der Waals surface area contributed by atoms with Gasteiger partial charge in [0.2, 0.25) is 0 Å². The number of rotatable bonds is 12. The molecule has 0 N–H and O–H groups in total. The zero-order valence-electron chi connectivity index (χ0n) is 62.5. The van der Waals surface area contributed by atoms with Crippen LogP contribution in [0.5, 0.6) is 0 Å². The Morgan fingerprint density at radius 1 is 0.147 bits per heavy atom. The summed E-state index contributed by atoms with van der Waals surface area (Å²) in [5.41, 5.74) is 30.5. The van der Waals surface area contributed by atoms with Crippen molar-refractivity contribution < 1.29 is 0 Å². The lowest BCUT2D eigenvalue weighted by atomic mass is 9.86. The van der Waals surface area contributed by atoms with Crippen LogP contribution in [0.3, 0.4) is 0 Å². The van der Waals surface area contributed by atoms with Gasteiger partial charge in [-0.2, -0.15) is 10.5 Å². The van der Waals surface area contributed by atoms with E-state index in [4.69, 9.17) is 29.9 Å². The van der Waals surface area contributed by atoms with Gasteiger partial charge in [-0.05, 0) is 174 Å². The van der Waals surface area contributed by atoms with Crippen molar-refractivity contribution in [3.63, 3.8) is 0 Å². The highest BCUT2D eigenvalue weighted by molar-refractivity contribution is 6.26. The molecule has 0 bridgehead atoms. The molecule has 0 fully saturated rings. The summed E-state index contributed by atoms with van der Waals surface area (Å²) in [4.78, 5) is 29.7. The second-order valence-electron chi connectivity index (χ2n) is 29.3. The van der Waals surface area contributed by atoms with Crippen LogP contribution in [0.1, 0.15) is 11.1 Å². The quantitative estimate of drug-likeness (QED) is 0.118. The lowest BCUT2D eigenvalue weighted by Gasteiger charge is -2.17. The average molecular weight is 1470 g/mol. The Morgan fingerprint density at radius 3 is 0.724 bits per heavy atom. The summed E-state index contributed by atoms with van der Waals surface area (Å²) in [5, 5.41) is 29.0. The van der Waals surface area contributed by atoms with E-state index in [2.05, 4.69) is 243 Å². The molecule has 0 radical (unpaired) electrons. The van der Waals surface area contributed by atoms with Gasteiger partial charge in [0.1, 0.15) is 0 Å². The summed E-state index contributed by atoms with van der Waals surface area (Å²) in [6, 6.07) is 140. The molecule has 18 aromatic carbocycles. The van der Waals surface area contributed by atoms with Crippen LogP contribution in [0.2, 0.25) is 0 Å². The van der Waals surface area contributed by atoms with Crippen LogP contribution in [-0.2, 0) is 0 Å². The molecule has 0 saturated carbocycles. The normalized spacial score (nSPS) is 11.4. The molecule has 0 amide bonds. The van der Waals surface area contributed by atoms with Gasteiger partial charge in [-0.25, -0.2) is 29.9 Å². The van der Waals surface area contributed by atoms with Gasteiger partial charge < -0.3 is 0 Å². The summed E-state index contributed by atoms with van der Waals surface area (Å²) in [7, 11) is 0. The molecule has 2 aromatic heterocycles. The summed E-state index contributed by atoms with van der Waals surface area (Å²) in [6.45, 7) is 0. The van der Waals surface area contributed by atoms with Crippen molar-refractivity contribution in [1.82, 2.24) is 29.9 Å². The summed E-state index contributed by atoms with van der Waals surface area (Å²) in [6.07, 6.45) is 0. The topological polar surface area (TPSA) is 125 Å². The lowest BCUT2D eigenvalue weighted by Crippen LogP contribution is -2.00. The average Bonchev–Trinajstić information content (AvgIpc) is 1.55. The van der Waals surface area contributed by atoms with Gasteiger partial charge in [0, 0.05) is 44.2 Å². The maximum absolute atomic E-state index is 10.0. The summed E-state index contributed by atoms with van der Waals surface area (Å²) >= 11 is 0. The Bertz CT molecular complexity index is 7280. The van der Waals surface area contributed by atoms with E-state index in [1.165, 1.54) is 71.6 Å². The standard InChI is InChI=1S/2C54H32N4/c55-33-40-21-11-25-43-41(40)24-12-26-46(43)47-29-30-49-45-23-8-7-22-44(45)48-28-27-42(50(47)51(48)49)38-19-9-17-36(31-38)37-18-10-20-39(32-37)54-57-52(34-13-3-1-4-14-34)56-53(58-54)35-15-5-2-6-16-35;55-33-40-18-10-22-43-41(40)21-11-23-46(43)47-30-31-49-45-20-8-7-19-44(45)48-29-28-42(50(47)51(48)49)39-17-9-16-38(32-39)34-24-26-37(27-25-34)54-57-52(35-12-3-1-4-13-35)56-53(58-54)36-14-5-2-6-15-36/h2*1-32H. The molecular formula is C108H64N8. The summed E-state index contributed by atoms with van der Waals surface area (Å²) < 4.78 is 0. The molecule has 0 saturated heterocycles. The first-order valence-electron chi connectivity index (χ1n) is 38.8.